The van der Waals surface area contributed by atoms with E-state index < -0.39 is 5.97 Å². The second-order valence-corrected chi connectivity index (χ2v) is 7.70. The minimum absolute atomic E-state index is 0.0624. The summed E-state index contributed by atoms with van der Waals surface area (Å²) in [6.07, 6.45) is 13.1. The van der Waals surface area contributed by atoms with Crippen molar-refractivity contribution >= 4 is 18.1 Å². The molecule has 1 amide bonds. The van der Waals surface area contributed by atoms with Gasteiger partial charge in [0.15, 0.2) is 0 Å². The van der Waals surface area contributed by atoms with E-state index in [1.807, 2.05) is 6.07 Å². The molecule has 0 fully saturated rings. The van der Waals surface area contributed by atoms with Gasteiger partial charge >= 0.3 is 5.97 Å². The van der Waals surface area contributed by atoms with Crippen molar-refractivity contribution in [3.05, 3.63) is 65.7 Å². The Morgan fingerprint density at radius 1 is 0.839 bits per heavy atom. The highest BCUT2D eigenvalue weighted by Crippen LogP contribution is 2.14. The third kappa shape index (κ3) is 10.6. The van der Waals surface area contributed by atoms with Crippen molar-refractivity contribution in [2.45, 2.75) is 71.1 Å². The van der Waals surface area contributed by atoms with E-state index in [0.717, 1.165) is 18.4 Å². The molecule has 5 heteroatoms. The van der Waals surface area contributed by atoms with Crippen molar-refractivity contribution in [2.75, 3.05) is 0 Å². The van der Waals surface area contributed by atoms with Gasteiger partial charge in [0.1, 0.15) is 5.75 Å². The first-order valence-corrected chi connectivity index (χ1v) is 11.4. The van der Waals surface area contributed by atoms with E-state index in [1.54, 1.807) is 54.7 Å². The van der Waals surface area contributed by atoms with Crippen LogP contribution < -0.4 is 10.2 Å². The van der Waals surface area contributed by atoms with E-state index in [-0.39, 0.29) is 5.91 Å². The molecular formula is C26H34N2O3. The summed E-state index contributed by atoms with van der Waals surface area (Å²) in [5, 5.41) is 4.00. The SMILES string of the molecule is CCCCCCCCCCCC(=O)N/N=C/c1ccc(OC(=O)c2ccccc2)cc1. The van der Waals surface area contributed by atoms with Gasteiger partial charge in [-0.2, -0.15) is 5.10 Å². The average Bonchev–Trinajstić information content (AvgIpc) is 2.79. The summed E-state index contributed by atoms with van der Waals surface area (Å²) in [6.45, 7) is 2.23. The summed E-state index contributed by atoms with van der Waals surface area (Å²) in [5.41, 5.74) is 3.88. The third-order valence-electron chi connectivity index (χ3n) is 5.01. The van der Waals surface area contributed by atoms with Gasteiger partial charge in [0.2, 0.25) is 5.91 Å². The van der Waals surface area contributed by atoms with Crippen molar-refractivity contribution in [2.24, 2.45) is 5.10 Å². The van der Waals surface area contributed by atoms with Crippen molar-refractivity contribution in [3.63, 3.8) is 0 Å². The highest BCUT2D eigenvalue weighted by Gasteiger charge is 2.07. The number of hydrogen-bond acceptors (Lipinski definition) is 4. The van der Waals surface area contributed by atoms with E-state index >= 15 is 0 Å². The second kappa shape index (κ2) is 14.9. The number of unbranched alkanes of at least 4 members (excludes halogenated alkanes) is 8. The Balaban J connectivity index is 1.59. The normalized spacial score (nSPS) is 10.9. The van der Waals surface area contributed by atoms with Crippen LogP contribution in [0.1, 0.15) is 87.1 Å². The number of nitrogens with one attached hydrogen (secondary N) is 1. The molecule has 0 heterocycles. The maximum Gasteiger partial charge on any atom is 0.343 e. The van der Waals surface area contributed by atoms with Gasteiger partial charge in [0.05, 0.1) is 11.8 Å². The van der Waals surface area contributed by atoms with Crippen LogP contribution in [-0.2, 0) is 4.79 Å². The van der Waals surface area contributed by atoms with Crippen molar-refractivity contribution in [3.8, 4) is 5.75 Å². The first-order valence-electron chi connectivity index (χ1n) is 11.4. The number of rotatable bonds is 14. The standard InChI is InChI=1S/C26H34N2O3/c1-2-3-4-5-6-7-8-9-13-16-25(29)28-27-21-22-17-19-24(20-18-22)31-26(30)23-14-11-10-12-15-23/h10-12,14-15,17-21H,2-9,13,16H2,1H3,(H,28,29)/b27-21+. The fourth-order valence-electron chi connectivity index (χ4n) is 3.19. The van der Waals surface area contributed by atoms with Crippen molar-refractivity contribution < 1.29 is 14.3 Å². The van der Waals surface area contributed by atoms with Crippen LogP contribution in [0.5, 0.6) is 5.75 Å². The molecule has 0 saturated heterocycles. The monoisotopic (exact) mass is 422 g/mol. The summed E-state index contributed by atoms with van der Waals surface area (Å²) in [5.74, 6) is -0.00113. The largest absolute Gasteiger partial charge is 0.423 e. The smallest absolute Gasteiger partial charge is 0.343 e. The Morgan fingerprint density at radius 3 is 2.10 bits per heavy atom. The summed E-state index contributed by atoms with van der Waals surface area (Å²) < 4.78 is 5.34. The van der Waals surface area contributed by atoms with Gasteiger partial charge in [-0.1, -0.05) is 76.5 Å². The van der Waals surface area contributed by atoms with Gasteiger partial charge in [0, 0.05) is 6.42 Å². The van der Waals surface area contributed by atoms with E-state index in [9.17, 15) is 9.59 Å². The van der Waals surface area contributed by atoms with Gasteiger partial charge in [-0.15, -0.1) is 0 Å². The van der Waals surface area contributed by atoms with Crippen LogP contribution in [0.25, 0.3) is 0 Å². The Hall–Kier alpha value is -2.95. The van der Waals surface area contributed by atoms with Gasteiger partial charge < -0.3 is 4.74 Å². The predicted molar refractivity (Wildman–Crippen MR) is 125 cm³/mol. The molecular weight excluding hydrogens is 388 g/mol. The maximum atomic E-state index is 12.0. The molecule has 0 bridgehead atoms. The number of benzene rings is 2. The number of carbonyl (C=O) groups is 2. The lowest BCUT2D eigenvalue weighted by atomic mass is 10.1. The molecule has 1 N–H and O–H groups in total. The number of amides is 1. The van der Waals surface area contributed by atoms with Crippen molar-refractivity contribution in [1.29, 1.82) is 0 Å². The van der Waals surface area contributed by atoms with E-state index in [4.69, 9.17) is 4.74 Å². The molecule has 0 spiro atoms. The minimum Gasteiger partial charge on any atom is -0.423 e. The molecule has 5 nitrogen and oxygen atoms in total. The molecule has 0 radical (unpaired) electrons. The van der Waals surface area contributed by atoms with Crippen LogP contribution in [0.2, 0.25) is 0 Å². The lowest BCUT2D eigenvalue weighted by Gasteiger charge is -2.04. The number of ether oxygens (including phenoxy) is 1. The first kappa shape index (κ1) is 24.3. The molecule has 0 aliphatic carbocycles. The van der Waals surface area contributed by atoms with Crippen LogP contribution in [0.15, 0.2) is 59.7 Å². The van der Waals surface area contributed by atoms with Gasteiger partial charge in [-0.05, 0) is 48.4 Å². The Kier molecular flexibility index (Phi) is 11.7. The molecule has 0 aliphatic rings. The molecule has 0 aliphatic heterocycles. The fourth-order valence-corrected chi connectivity index (χ4v) is 3.19. The predicted octanol–water partition coefficient (Wildman–Crippen LogP) is 6.28. The number of hydrazone groups is 1. The molecule has 0 atom stereocenters. The van der Waals surface area contributed by atoms with E-state index in [1.165, 1.54) is 44.9 Å². The Morgan fingerprint density at radius 2 is 1.45 bits per heavy atom. The highest BCUT2D eigenvalue weighted by molar-refractivity contribution is 5.91. The summed E-state index contributed by atoms with van der Waals surface area (Å²) in [7, 11) is 0. The summed E-state index contributed by atoms with van der Waals surface area (Å²) in [6, 6.07) is 15.8. The Labute approximate surface area is 185 Å². The zero-order valence-electron chi connectivity index (χ0n) is 18.5. The second-order valence-electron chi connectivity index (χ2n) is 7.70. The molecule has 2 aromatic carbocycles. The zero-order chi connectivity index (χ0) is 22.2. The molecule has 0 aromatic heterocycles. The molecule has 166 valence electrons. The summed E-state index contributed by atoms with van der Waals surface area (Å²) >= 11 is 0. The quantitative estimate of drug-likeness (QED) is 0.128. The van der Waals surface area contributed by atoms with Crippen molar-refractivity contribution in [1.82, 2.24) is 5.43 Å². The van der Waals surface area contributed by atoms with Crippen LogP contribution in [0.3, 0.4) is 0 Å². The highest BCUT2D eigenvalue weighted by atomic mass is 16.5. The first-order chi connectivity index (χ1) is 15.2. The molecule has 2 rings (SSSR count). The minimum atomic E-state index is -0.397. The summed E-state index contributed by atoms with van der Waals surface area (Å²) in [4.78, 5) is 23.9. The topological polar surface area (TPSA) is 67.8 Å². The fraction of sp³-hybridized carbons (Fsp3) is 0.423. The average molecular weight is 423 g/mol. The lowest BCUT2D eigenvalue weighted by Crippen LogP contribution is -2.16. The molecule has 0 unspecified atom stereocenters. The third-order valence-corrected chi connectivity index (χ3v) is 5.01. The lowest BCUT2D eigenvalue weighted by molar-refractivity contribution is -0.121. The van der Waals surface area contributed by atoms with Gasteiger partial charge in [-0.3, -0.25) is 4.79 Å². The Bertz CT molecular complexity index is 801. The van der Waals surface area contributed by atoms with Gasteiger partial charge in [0.25, 0.3) is 0 Å². The molecule has 0 saturated carbocycles. The number of nitrogens with zero attached hydrogens (tertiary/aromatic N) is 1. The molecule has 2 aromatic rings. The van der Waals surface area contributed by atoms with Crippen LogP contribution in [0.4, 0.5) is 0 Å². The van der Waals surface area contributed by atoms with Crippen LogP contribution in [-0.4, -0.2) is 18.1 Å². The van der Waals surface area contributed by atoms with Gasteiger partial charge in [-0.25, -0.2) is 10.2 Å². The maximum absolute atomic E-state index is 12.0. The van der Waals surface area contributed by atoms with Crippen LogP contribution in [0, 0.1) is 0 Å². The molecule has 31 heavy (non-hydrogen) atoms. The van der Waals surface area contributed by atoms with Crippen LogP contribution >= 0.6 is 0 Å². The zero-order valence-corrected chi connectivity index (χ0v) is 18.5. The van der Waals surface area contributed by atoms with E-state index in [2.05, 4.69) is 17.5 Å². The number of esters is 1. The van der Waals surface area contributed by atoms with E-state index in [0.29, 0.717) is 17.7 Å². The number of hydrogen-bond donors (Lipinski definition) is 1. The number of carbonyl (C=O) groups excluding carboxylic acids is 2.